The Morgan fingerprint density at radius 2 is 2.15 bits per heavy atom. The van der Waals surface area contributed by atoms with E-state index in [-0.39, 0.29) is 11.9 Å². The summed E-state index contributed by atoms with van der Waals surface area (Å²) in [6.45, 7) is 6.73. The number of hydrogen-bond donors (Lipinski definition) is 1. The lowest BCUT2D eigenvalue weighted by Gasteiger charge is -2.19. The minimum absolute atomic E-state index is 0.0389. The van der Waals surface area contributed by atoms with E-state index in [1.54, 1.807) is 14.2 Å². The van der Waals surface area contributed by atoms with E-state index in [9.17, 15) is 4.79 Å². The smallest absolute Gasteiger partial charge is 0.317 e. The molecule has 1 fully saturated rings. The summed E-state index contributed by atoms with van der Waals surface area (Å²) in [4.78, 5) is 14.5. The molecule has 1 aliphatic rings. The van der Waals surface area contributed by atoms with Crippen molar-refractivity contribution >= 4 is 6.03 Å². The summed E-state index contributed by atoms with van der Waals surface area (Å²) in [5.74, 6) is 1.88. The lowest BCUT2D eigenvalue weighted by molar-refractivity contribution is 0.207. The van der Waals surface area contributed by atoms with Crippen LogP contribution in [-0.2, 0) is 13.1 Å². The molecule has 3 rings (SSSR count). The second-order valence-electron chi connectivity index (χ2n) is 6.79. The number of ether oxygens (including phenoxy) is 2. The van der Waals surface area contributed by atoms with E-state index in [2.05, 4.69) is 10.4 Å². The van der Waals surface area contributed by atoms with E-state index in [1.165, 1.54) is 0 Å². The van der Waals surface area contributed by atoms with Gasteiger partial charge in [0.2, 0.25) is 0 Å². The van der Waals surface area contributed by atoms with Crippen molar-refractivity contribution < 1.29 is 14.3 Å². The number of aromatic nitrogens is 2. The molecule has 1 atom stereocenters. The molecule has 1 saturated heterocycles. The van der Waals surface area contributed by atoms with E-state index in [1.807, 2.05) is 47.8 Å². The van der Waals surface area contributed by atoms with Crippen molar-refractivity contribution in [1.29, 1.82) is 0 Å². The molecule has 2 aromatic rings. The quantitative estimate of drug-likeness (QED) is 0.847. The number of aryl methyl sites for hydroxylation is 2. The molecule has 1 N–H and O–H groups in total. The molecule has 2 amide bonds. The molecule has 1 aromatic carbocycles. The topological polar surface area (TPSA) is 68.6 Å². The average Bonchev–Trinajstić information content (AvgIpc) is 3.32. The Bertz CT molecular complexity index is 803. The highest BCUT2D eigenvalue weighted by Crippen LogP contribution is 2.35. The van der Waals surface area contributed by atoms with Crippen molar-refractivity contribution in [2.75, 3.05) is 27.3 Å². The average molecular weight is 372 g/mol. The van der Waals surface area contributed by atoms with Gasteiger partial charge in [0.15, 0.2) is 0 Å². The molecule has 146 valence electrons. The number of nitrogens with zero attached hydrogens (tertiary/aromatic N) is 3. The summed E-state index contributed by atoms with van der Waals surface area (Å²) in [6, 6.07) is 5.78. The Hall–Kier alpha value is -2.70. The van der Waals surface area contributed by atoms with Gasteiger partial charge in [-0.15, -0.1) is 0 Å². The summed E-state index contributed by atoms with van der Waals surface area (Å²) in [5, 5.41) is 7.44. The van der Waals surface area contributed by atoms with Gasteiger partial charge >= 0.3 is 6.03 Å². The molecule has 7 heteroatoms. The van der Waals surface area contributed by atoms with Crippen LogP contribution in [0.15, 0.2) is 24.4 Å². The van der Waals surface area contributed by atoms with Crippen LogP contribution in [0.3, 0.4) is 0 Å². The number of amides is 2. The van der Waals surface area contributed by atoms with Crippen molar-refractivity contribution in [3.63, 3.8) is 0 Å². The fraction of sp³-hybridized carbons (Fsp3) is 0.500. The first-order valence-corrected chi connectivity index (χ1v) is 9.33. The van der Waals surface area contributed by atoms with E-state index in [0.29, 0.717) is 13.1 Å². The summed E-state index contributed by atoms with van der Waals surface area (Å²) in [6.07, 6.45) is 2.90. The molecule has 27 heavy (non-hydrogen) atoms. The van der Waals surface area contributed by atoms with Gasteiger partial charge in [-0.25, -0.2) is 4.79 Å². The third-order valence-electron chi connectivity index (χ3n) is 5.15. The minimum atomic E-state index is -0.0389. The molecule has 1 aromatic heterocycles. The minimum Gasteiger partial charge on any atom is -0.497 e. The number of rotatable bonds is 6. The maximum atomic E-state index is 12.6. The van der Waals surface area contributed by atoms with Crippen LogP contribution >= 0.6 is 0 Å². The molecule has 0 saturated carbocycles. The zero-order valence-electron chi connectivity index (χ0n) is 16.5. The fourth-order valence-electron chi connectivity index (χ4n) is 3.53. The zero-order chi connectivity index (χ0) is 19.4. The van der Waals surface area contributed by atoms with Gasteiger partial charge < -0.3 is 19.7 Å². The van der Waals surface area contributed by atoms with Gasteiger partial charge in [0.05, 0.1) is 19.9 Å². The molecule has 0 aliphatic carbocycles. The van der Waals surface area contributed by atoms with Gasteiger partial charge in [0.1, 0.15) is 11.5 Å². The number of carbonyl (C=O) groups excluding carboxylic acids is 1. The van der Waals surface area contributed by atoms with Crippen LogP contribution in [-0.4, -0.2) is 48.0 Å². The van der Waals surface area contributed by atoms with Gasteiger partial charge in [0.25, 0.3) is 0 Å². The van der Waals surface area contributed by atoms with E-state index >= 15 is 0 Å². The Morgan fingerprint density at radius 1 is 1.33 bits per heavy atom. The maximum absolute atomic E-state index is 12.6. The van der Waals surface area contributed by atoms with E-state index in [4.69, 9.17) is 9.47 Å². The van der Waals surface area contributed by atoms with Gasteiger partial charge in [-0.3, -0.25) is 4.68 Å². The maximum Gasteiger partial charge on any atom is 0.317 e. The highest BCUT2D eigenvalue weighted by atomic mass is 16.5. The van der Waals surface area contributed by atoms with Crippen molar-refractivity contribution in [2.45, 2.75) is 39.3 Å². The molecular formula is C20H28N4O3. The van der Waals surface area contributed by atoms with Crippen LogP contribution in [0, 0.1) is 6.92 Å². The molecular weight excluding hydrogens is 344 g/mol. The molecule has 1 aliphatic heterocycles. The number of methoxy groups -OCH3 is 2. The molecule has 2 heterocycles. The zero-order valence-corrected chi connectivity index (χ0v) is 16.5. The molecule has 0 unspecified atom stereocenters. The number of carbonyl (C=O) groups is 1. The number of benzene rings is 1. The summed E-state index contributed by atoms with van der Waals surface area (Å²) >= 11 is 0. The second kappa shape index (κ2) is 8.33. The predicted molar refractivity (Wildman–Crippen MR) is 103 cm³/mol. The van der Waals surface area contributed by atoms with Crippen molar-refractivity contribution in [1.82, 2.24) is 20.0 Å². The van der Waals surface area contributed by atoms with E-state index in [0.717, 1.165) is 47.8 Å². The third-order valence-corrected chi connectivity index (χ3v) is 5.15. The monoisotopic (exact) mass is 372 g/mol. The van der Waals surface area contributed by atoms with Crippen LogP contribution in [0.5, 0.6) is 11.5 Å². The molecule has 0 bridgehead atoms. The number of likely N-dealkylation sites (tertiary alicyclic amines) is 1. The van der Waals surface area contributed by atoms with E-state index < -0.39 is 0 Å². The number of urea groups is 1. The van der Waals surface area contributed by atoms with Crippen LogP contribution in [0.25, 0.3) is 0 Å². The lowest BCUT2D eigenvalue weighted by Crippen LogP contribution is -2.38. The van der Waals surface area contributed by atoms with Gasteiger partial charge in [-0.05, 0) is 38.5 Å². The fourth-order valence-corrected chi connectivity index (χ4v) is 3.53. The first-order valence-electron chi connectivity index (χ1n) is 9.33. The largest absolute Gasteiger partial charge is 0.497 e. The van der Waals surface area contributed by atoms with Gasteiger partial charge in [-0.1, -0.05) is 0 Å². The van der Waals surface area contributed by atoms with Crippen LogP contribution < -0.4 is 14.8 Å². The van der Waals surface area contributed by atoms with Crippen LogP contribution in [0.1, 0.15) is 36.1 Å². The SMILES string of the molecule is CCn1cc(CNC(=O)N2CC[C@H](c3cc(OC)ccc3OC)C2)c(C)n1. The van der Waals surface area contributed by atoms with Gasteiger partial charge in [0, 0.05) is 49.4 Å². The Balaban J connectivity index is 1.62. The third kappa shape index (κ3) is 4.18. The summed E-state index contributed by atoms with van der Waals surface area (Å²) in [5.41, 5.74) is 3.10. The van der Waals surface area contributed by atoms with Crippen molar-refractivity contribution in [2.24, 2.45) is 0 Å². The Morgan fingerprint density at radius 3 is 2.81 bits per heavy atom. The normalized spacial score (nSPS) is 16.4. The summed E-state index contributed by atoms with van der Waals surface area (Å²) in [7, 11) is 3.33. The molecule has 7 nitrogen and oxygen atoms in total. The highest BCUT2D eigenvalue weighted by molar-refractivity contribution is 5.74. The molecule has 0 spiro atoms. The van der Waals surface area contributed by atoms with Gasteiger partial charge in [-0.2, -0.15) is 5.10 Å². The van der Waals surface area contributed by atoms with Crippen LogP contribution in [0.4, 0.5) is 4.79 Å². The predicted octanol–water partition coefficient (Wildman–Crippen LogP) is 2.93. The van der Waals surface area contributed by atoms with Crippen molar-refractivity contribution in [3.8, 4) is 11.5 Å². The first kappa shape index (κ1) is 19.1. The van der Waals surface area contributed by atoms with Crippen molar-refractivity contribution in [3.05, 3.63) is 41.2 Å². The number of nitrogens with one attached hydrogen (secondary N) is 1. The second-order valence-corrected chi connectivity index (χ2v) is 6.79. The first-order chi connectivity index (χ1) is 13.0. The lowest BCUT2D eigenvalue weighted by atomic mass is 9.97. The highest BCUT2D eigenvalue weighted by Gasteiger charge is 2.29. The number of hydrogen-bond acceptors (Lipinski definition) is 4. The van der Waals surface area contributed by atoms with Crippen LogP contribution in [0.2, 0.25) is 0 Å². The Kier molecular flexibility index (Phi) is 5.88. The molecule has 0 radical (unpaired) electrons. The summed E-state index contributed by atoms with van der Waals surface area (Å²) < 4.78 is 12.7. The Labute approximate surface area is 160 Å². The standard InChI is InChI=1S/C20H28N4O3/c1-5-24-13-16(14(2)22-24)11-21-20(25)23-9-8-15(12-23)18-10-17(26-3)6-7-19(18)27-4/h6-7,10,13,15H,5,8-9,11-12H2,1-4H3,(H,21,25)/t15-/m0/s1.